The van der Waals surface area contributed by atoms with Crippen molar-refractivity contribution in [2.45, 2.75) is 172 Å². The van der Waals surface area contributed by atoms with Crippen molar-refractivity contribution < 1.29 is 212 Å². The molecule has 1 aromatic carbocycles. The topological polar surface area (TPSA) is 417 Å². The zero-order valence-electron chi connectivity index (χ0n) is 62.6. The van der Waals surface area contributed by atoms with E-state index in [0.29, 0.717) is 19.6 Å². The van der Waals surface area contributed by atoms with E-state index >= 15 is 18.4 Å². The minimum atomic E-state index is -9.13. The van der Waals surface area contributed by atoms with Crippen molar-refractivity contribution in [3.05, 3.63) is 21.8 Å². The number of halogens is 20. The molecule has 117 heavy (non-hydrogen) atoms. The van der Waals surface area contributed by atoms with Crippen molar-refractivity contribution in [2.75, 3.05) is 97.8 Å². The molecule has 0 saturated carbocycles. The molecule has 0 N–H and O–H groups in total. The monoisotopic (exact) mass is 2090 g/mol. The first-order valence-electron chi connectivity index (χ1n) is 32.5. The second-order valence-corrected chi connectivity index (χ2v) is 29.6. The maximum atomic E-state index is 15.6. The number of carbonyl (C=O) groups is 15. The normalized spacial score (nSPS) is 15.5. The quantitative estimate of drug-likeness (QED) is 0.0335. The molecule has 4 amide bonds. The van der Waals surface area contributed by atoms with Crippen LogP contribution in [0.25, 0.3) is 0 Å². The minimum Gasteiger partial charge on any atom is -0.465 e. The molecule has 664 valence electrons. The molecule has 8 unspecified atom stereocenters. The molecule has 0 aromatic heterocycles. The van der Waals surface area contributed by atoms with Gasteiger partial charge < -0.3 is 71.5 Å². The Bertz CT molecular complexity index is 3890. The van der Waals surface area contributed by atoms with Crippen LogP contribution in [0.5, 0.6) is 0 Å². The van der Waals surface area contributed by atoms with E-state index < -0.39 is 306 Å². The fourth-order valence-corrected chi connectivity index (χ4v) is 16.4. The van der Waals surface area contributed by atoms with Crippen molar-refractivity contribution in [1.82, 2.24) is 19.0 Å². The highest BCUT2D eigenvalue weighted by Gasteiger charge is 2.96. The van der Waals surface area contributed by atoms with E-state index in [9.17, 15) is 137 Å². The lowest BCUT2D eigenvalue weighted by molar-refractivity contribution is -0.458. The number of hydrogen-bond acceptors (Lipinski definition) is 29. The lowest BCUT2D eigenvalue weighted by atomic mass is 9.91. The van der Waals surface area contributed by atoms with Gasteiger partial charge in [-0.2, -0.15) is 78.9 Å². The highest BCUT2D eigenvalue weighted by Crippen LogP contribution is 2.65. The Kier molecular flexibility index (Phi) is 37.7. The van der Waals surface area contributed by atoms with Gasteiger partial charge in [-0.3, -0.25) is 76.8 Å². The summed E-state index contributed by atoms with van der Waals surface area (Å²) in [5.74, 6) is -72.2. The molecule has 34 nitrogen and oxygen atoms in total. The van der Waals surface area contributed by atoms with Gasteiger partial charge in [-0.1, -0.05) is 0 Å². The lowest BCUT2D eigenvalue weighted by Crippen LogP contribution is -2.75. The number of likely N-dealkylation sites (N-methyl/N-ethyl adjacent to an activating group) is 2. The average Bonchev–Trinajstić information content (AvgIpc) is 0.688. The first-order chi connectivity index (χ1) is 53.1. The highest BCUT2D eigenvalue weighted by molar-refractivity contribution is 14.1. The predicted octanol–water partition coefficient (Wildman–Crippen LogP) is 5.58. The van der Waals surface area contributed by atoms with Crippen LogP contribution >= 0.6 is 67.8 Å². The van der Waals surface area contributed by atoms with Gasteiger partial charge in [-0.15, -0.1) is 0 Å². The predicted molar refractivity (Wildman–Crippen MR) is 374 cm³/mol. The highest BCUT2D eigenvalue weighted by atomic mass is 127. The number of amides is 4. The maximum Gasteiger partial charge on any atom is 0.460 e. The van der Waals surface area contributed by atoms with Crippen LogP contribution in [-0.2, 0) is 129 Å². The van der Waals surface area contributed by atoms with Gasteiger partial charge in [0.2, 0.25) is 5.91 Å². The molecule has 1 heterocycles. The van der Waals surface area contributed by atoms with E-state index in [0.717, 1.165) is 83.3 Å². The molecule has 1 aliphatic heterocycles. The smallest absolute Gasteiger partial charge is 0.460 e. The number of nitrogens with zero attached hydrogens (tertiary/aromatic N) is 5. The fourth-order valence-electron chi connectivity index (χ4n) is 10.3. The molecule has 55 heteroatoms. The van der Waals surface area contributed by atoms with Gasteiger partial charge in [0.25, 0.3) is 27.7 Å². The van der Waals surface area contributed by atoms with E-state index in [4.69, 9.17) is 56.8 Å². The summed E-state index contributed by atoms with van der Waals surface area (Å²) in [6, 6.07) is 0. The molecule has 1 saturated heterocycles. The van der Waals surface area contributed by atoms with Crippen molar-refractivity contribution >= 4 is 173 Å². The zero-order chi connectivity index (χ0) is 91.1. The maximum absolute atomic E-state index is 15.6. The molecule has 0 bridgehead atoms. The molecule has 2 rings (SSSR count). The van der Waals surface area contributed by atoms with Crippen molar-refractivity contribution in [3.63, 3.8) is 0 Å². The Morgan fingerprint density at radius 3 is 1.03 bits per heavy atom. The van der Waals surface area contributed by atoms with E-state index in [1.807, 2.05) is 0 Å². The third kappa shape index (κ3) is 25.4. The number of benzene rings is 1. The Hall–Kier alpha value is -7.86. The molecule has 0 aliphatic carbocycles. The van der Waals surface area contributed by atoms with Crippen molar-refractivity contribution in [1.29, 1.82) is 0 Å². The fraction of sp³-hybridized carbons (Fsp3) is 0.661. The largest absolute Gasteiger partial charge is 0.465 e. The molecule has 8 atom stereocenters. The average molecular weight is 2090 g/mol. The zero-order valence-corrected chi connectivity index (χ0v) is 69.9. The number of esters is 11. The molecular formula is C62H71F17I3N5O29S. The van der Waals surface area contributed by atoms with Crippen molar-refractivity contribution in [2.24, 2.45) is 0 Å². The van der Waals surface area contributed by atoms with Crippen LogP contribution < -0.4 is 4.90 Å². The summed E-state index contributed by atoms with van der Waals surface area (Å²) in [5, 5.41) is -7.94. The van der Waals surface area contributed by atoms with Gasteiger partial charge >= 0.3 is 113 Å². The number of anilines is 1. The second-order valence-electron chi connectivity index (χ2n) is 24.4. The number of carbonyl (C=O) groups excluding carboxylic acids is 15. The number of sulfonamides is 1. The summed E-state index contributed by atoms with van der Waals surface area (Å²) in [4.78, 5) is 202. The van der Waals surface area contributed by atoms with Crippen LogP contribution in [0.15, 0.2) is 0 Å². The van der Waals surface area contributed by atoms with Gasteiger partial charge in [0.05, 0.1) is 43.7 Å². The van der Waals surface area contributed by atoms with E-state index in [1.165, 1.54) is 74.7 Å². The number of ether oxygens (including phenoxy) is 12. The van der Waals surface area contributed by atoms with Gasteiger partial charge in [0.15, 0.2) is 48.8 Å². The Labute approximate surface area is 691 Å². The molecule has 0 spiro atoms. The Balaban J connectivity index is 3.12. The third-order valence-electron chi connectivity index (χ3n) is 15.4. The van der Waals surface area contributed by atoms with Crippen LogP contribution in [-0.4, -0.2) is 305 Å². The first-order valence-corrected chi connectivity index (χ1v) is 37.2. The summed E-state index contributed by atoms with van der Waals surface area (Å²) in [7, 11) is -5.94. The van der Waals surface area contributed by atoms with Gasteiger partial charge in [0, 0.05) is 113 Å². The molecular weight excluding hydrogens is 2010 g/mol. The van der Waals surface area contributed by atoms with Gasteiger partial charge in [-0.05, 0) is 74.7 Å². The van der Waals surface area contributed by atoms with E-state index in [-0.39, 0.29) is 0 Å². The molecule has 1 fully saturated rings. The number of hydrogen-bond donors (Lipinski definition) is 0. The summed E-state index contributed by atoms with van der Waals surface area (Å²) < 4.78 is 327. The molecule has 0 radical (unpaired) electrons. The standard InChI is InChI=1S/C62H71F17I3N5O29S/c1-14-106-42(100)21-87(41(99)25-105-24-40(98)85-15-17-86(18-16-85)117(103,104)62(78,79)60(73,74)58(69,70)56(65,66)55(63,64)57(67,68)59(71,72)61(75,76)77)48-46(81)43(53(101)83(12)19-36(109-28(4)90)49(113-32(8)94)51(115-34(10)96)38(111-30(6)92)22-107-26(2)88)45(80)44(47(48)82)54(102)84(13)20-37(110-29(5)91)50(114-33(9)95)52(116-35(11)97)39(112-31(7)93)23-108-27(3)89/h36-39,49-52H,14-25H2,1-13H3. The number of alkyl halides is 17. The summed E-state index contributed by atoms with van der Waals surface area (Å²) >= 11 is 4.20. The van der Waals surface area contributed by atoms with Gasteiger partial charge in [0.1, 0.15) is 33.0 Å². The summed E-state index contributed by atoms with van der Waals surface area (Å²) in [6.07, 6.45) is -24.8. The third-order valence-corrected chi connectivity index (χ3v) is 20.5. The van der Waals surface area contributed by atoms with Gasteiger partial charge in [-0.25, -0.2) is 8.42 Å². The van der Waals surface area contributed by atoms with Crippen LogP contribution in [0.4, 0.5) is 80.3 Å². The van der Waals surface area contributed by atoms with Crippen LogP contribution in [0.3, 0.4) is 0 Å². The summed E-state index contributed by atoms with van der Waals surface area (Å²) in [5.41, 5.74) is -2.21. The van der Waals surface area contributed by atoms with Crippen LogP contribution in [0, 0.1) is 10.7 Å². The number of rotatable bonds is 40. The Morgan fingerprint density at radius 1 is 0.410 bits per heavy atom. The molecule has 1 aromatic rings. The first kappa shape index (κ1) is 105. The number of piperazine rings is 1. The van der Waals surface area contributed by atoms with Crippen LogP contribution in [0.1, 0.15) is 96.9 Å². The summed E-state index contributed by atoms with van der Waals surface area (Å²) in [6.45, 7) is -5.96. The van der Waals surface area contributed by atoms with E-state index in [1.54, 1.807) is 0 Å². The second kappa shape index (κ2) is 41.9. The SMILES string of the molecule is CCOC(=O)CN(C(=O)COCC(=O)N1CCN(S(=O)(=O)C(F)(F)C(F)(F)C(F)(F)C(F)(F)C(F)(F)C(F)(F)C(F)(F)C(F)(F)F)CC1)c1c(I)c(C(=O)N(C)CC(OC(C)=O)C(OC(C)=O)C(OC(C)=O)C(COC(C)=O)OC(C)=O)c(I)c(C(=O)N(C)CC(OC(C)=O)C(OC(C)=O)C(OC(C)=O)C(COC(C)=O)OC(C)=O)c1I. The van der Waals surface area contributed by atoms with Crippen molar-refractivity contribution in [3.8, 4) is 0 Å². The lowest BCUT2D eigenvalue weighted by Gasteiger charge is -2.43. The van der Waals surface area contributed by atoms with Crippen LogP contribution in [0.2, 0.25) is 0 Å². The van der Waals surface area contributed by atoms with E-state index in [2.05, 4.69) is 0 Å². The molecule has 1 aliphatic rings. The minimum absolute atomic E-state index is 0.333. The Morgan fingerprint density at radius 2 is 0.718 bits per heavy atom.